The third-order valence-corrected chi connectivity index (χ3v) is 6.05. The molecule has 0 aliphatic carbocycles. The van der Waals surface area contributed by atoms with Gasteiger partial charge in [0.1, 0.15) is 6.54 Å². The molecule has 3 amide bonds. The summed E-state index contributed by atoms with van der Waals surface area (Å²) in [6.45, 7) is 9.34. The fourth-order valence-corrected chi connectivity index (χ4v) is 4.00. The maximum Gasteiger partial charge on any atom is 0.321 e. The Bertz CT molecular complexity index is 834. The van der Waals surface area contributed by atoms with Crippen LogP contribution in [0, 0.1) is 5.92 Å². The molecule has 2 aromatic carbocycles. The molecule has 1 fully saturated rings. The Morgan fingerprint density at radius 1 is 1.00 bits per heavy atom. The normalized spacial score (nSPS) is 16.2. The number of carbonyl (C=O) groups excluding carboxylic acids is 2. The highest BCUT2D eigenvalue weighted by Gasteiger charge is 2.28. The van der Waals surface area contributed by atoms with Gasteiger partial charge in [0.05, 0.1) is 19.0 Å². The van der Waals surface area contributed by atoms with Crippen LogP contribution in [0.25, 0.3) is 0 Å². The van der Waals surface area contributed by atoms with E-state index in [1.54, 1.807) is 9.80 Å². The highest BCUT2D eigenvalue weighted by molar-refractivity contribution is 5.90. The largest absolute Gasteiger partial charge is 0.352 e. The third kappa shape index (κ3) is 6.82. The Morgan fingerprint density at radius 2 is 1.68 bits per heavy atom. The van der Waals surface area contributed by atoms with Gasteiger partial charge < -0.3 is 20.4 Å². The summed E-state index contributed by atoms with van der Waals surface area (Å²) in [6.07, 6.45) is 1.65. The first-order valence-electron chi connectivity index (χ1n) is 11.4. The van der Waals surface area contributed by atoms with Crippen LogP contribution in [0.4, 0.5) is 10.5 Å². The van der Waals surface area contributed by atoms with Crippen LogP contribution in [-0.2, 0) is 17.9 Å². The number of piperidine rings is 1. The van der Waals surface area contributed by atoms with Crippen molar-refractivity contribution in [2.24, 2.45) is 5.92 Å². The van der Waals surface area contributed by atoms with Crippen molar-refractivity contribution >= 4 is 17.6 Å². The molecule has 1 heterocycles. The molecular weight excluding hydrogens is 388 g/mol. The van der Waals surface area contributed by atoms with Crippen LogP contribution >= 0.6 is 0 Å². The number of likely N-dealkylation sites (tertiary alicyclic amines) is 1. The Morgan fingerprint density at radius 3 is 2.35 bits per heavy atom. The summed E-state index contributed by atoms with van der Waals surface area (Å²) in [5.74, 6) is -0.144. The number of nitrogens with zero attached hydrogens (tertiary/aromatic N) is 1. The van der Waals surface area contributed by atoms with E-state index in [2.05, 4.69) is 48.7 Å². The lowest BCUT2D eigenvalue weighted by Crippen LogP contribution is -3.10. The van der Waals surface area contributed by atoms with Gasteiger partial charge in [-0.05, 0) is 44.4 Å². The first-order valence-corrected chi connectivity index (χ1v) is 11.4. The number of hydrogen-bond acceptors (Lipinski definition) is 2. The van der Waals surface area contributed by atoms with Crippen LogP contribution in [0.1, 0.15) is 37.8 Å². The molecule has 1 aliphatic rings. The predicted octanol–water partition coefficient (Wildman–Crippen LogP) is 2.67. The van der Waals surface area contributed by atoms with E-state index in [9.17, 15) is 9.59 Å². The van der Waals surface area contributed by atoms with Crippen LogP contribution < -0.4 is 15.5 Å². The molecule has 0 saturated carbocycles. The first-order chi connectivity index (χ1) is 15.1. The van der Waals surface area contributed by atoms with Crippen molar-refractivity contribution in [3.8, 4) is 0 Å². The summed E-state index contributed by atoms with van der Waals surface area (Å²) in [7, 11) is 0. The van der Waals surface area contributed by atoms with Gasteiger partial charge in [-0.3, -0.25) is 4.79 Å². The maximum atomic E-state index is 12.7. The van der Waals surface area contributed by atoms with Crippen molar-refractivity contribution in [1.82, 2.24) is 10.2 Å². The number of anilines is 1. The lowest BCUT2D eigenvalue weighted by Gasteiger charge is -2.32. The maximum absolute atomic E-state index is 12.7. The summed E-state index contributed by atoms with van der Waals surface area (Å²) in [4.78, 5) is 28.6. The number of nitrogens with one attached hydrogen (secondary N) is 3. The summed E-state index contributed by atoms with van der Waals surface area (Å²) in [5, 5.41) is 5.97. The SMILES string of the molecule is CC[NH+](CC)Cc1ccc(CNC(=O)[C@H]2CCCN(C(=O)Nc3ccccc3)C2)cc1. The van der Waals surface area contributed by atoms with Crippen LogP contribution in [0.3, 0.4) is 0 Å². The summed E-state index contributed by atoms with van der Waals surface area (Å²) >= 11 is 0. The van der Waals surface area contributed by atoms with E-state index in [-0.39, 0.29) is 17.9 Å². The molecular formula is C25H35N4O2+. The van der Waals surface area contributed by atoms with Crippen molar-refractivity contribution in [2.75, 3.05) is 31.5 Å². The minimum atomic E-state index is -0.166. The number of benzene rings is 2. The zero-order valence-corrected chi connectivity index (χ0v) is 18.7. The molecule has 6 heteroatoms. The van der Waals surface area contributed by atoms with Crippen LogP contribution in [0.5, 0.6) is 0 Å². The van der Waals surface area contributed by atoms with E-state index >= 15 is 0 Å². The molecule has 0 aromatic heterocycles. The number of hydrogen-bond donors (Lipinski definition) is 3. The summed E-state index contributed by atoms with van der Waals surface area (Å²) < 4.78 is 0. The molecule has 6 nitrogen and oxygen atoms in total. The smallest absolute Gasteiger partial charge is 0.321 e. The van der Waals surface area contributed by atoms with Crippen molar-refractivity contribution in [1.29, 1.82) is 0 Å². The molecule has 0 unspecified atom stereocenters. The van der Waals surface area contributed by atoms with E-state index in [0.717, 1.165) is 43.7 Å². The molecule has 3 N–H and O–H groups in total. The first kappa shape index (κ1) is 22.8. The molecule has 166 valence electrons. The second kappa shape index (κ2) is 11.5. The topological polar surface area (TPSA) is 65.9 Å². The third-order valence-electron chi connectivity index (χ3n) is 6.05. The standard InChI is InChI=1S/C25H34N4O2/c1-3-28(4-2)18-21-14-12-20(13-15-21)17-26-24(30)22-9-8-16-29(19-22)25(31)27-23-10-6-5-7-11-23/h5-7,10-15,22H,3-4,8-9,16-19H2,1-2H3,(H,26,30)(H,27,31)/p+1/t22-/m0/s1. The van der Waals surface area contributed by atoms with Gasteiger partial charge in [0, 0.05) is 30.9 Å². The lowest BCUT2D eigenvalue weighted by molar-refractivity contribution is -0.910. The number of urea groups is 1. The van der Waals surface area contributed by atoms with Crippen LogP contribution in [0.15, 0.2) is 54.6 Å². The fourth-order valence-electron chi connectivity index (χ4n) is 4.00. The Balaban J connectivity index is 1.47. The van der Waals surface area contributed by atoms with E-state index in [1.807, 2.05) is 30.3 Å². The molecule has 2 aromatic rings. The monoisotopic (exact) mass is 423 g/mol. The minimum Gasteiger partial charge on any atom is -0.352 e. The van der Waals surface area contributed by atoms with Crippen molar-refractivity contribution in [3.63, 3.8) is 0 Å². The predicted molar refractivity (Wildman–Crippen MR) is 124 cm³/mol. The molecule has 1 saturated heterocycles. The molecule has 31 heavy (non-hydrogen) atoms. The van der Waals surface area contributed by atoms with Gasteiger partial charge in [-0.2, -0.15) is 0 Å². The van der Waals surface area contributed by atoms with Crippen LogP contribution in [-0.4, -0.2) is 43.0 Å². The van der Waals surface area contributed by atoms with Crippen LogP contribution in [0.2, 0.25) is 0 Å². The van der Waals surface area contributed by atoms with E-state index in [1.165, 1.54) is 5.56 Å². The van der Waals surface area contributed by atoms with Crippen molar-refractivity contribution < 1.29 is 14.5 Å². The van der Waals surface area contributed by atoms with Crippen molar-refractivity contribution in [2.45, 2.75) is 39.8 Å². The van der Waals surface area contributed by atoms with Crippen molar-refractivity contribution in [3.05, 3.63) is 65.7 Å². The average Bonchev–Trinajstić information content (AvgIpc) is 2.82. The Hall–Kier alpha value is -2.86. The molecule has 0 bridgehead atoms. The highest BCUT2D eigenvalue weighted by Crippen LogP contribution is 2.18. The van der Waals surface area contributed by atoms with Gasteiger partial charge in [-0.25, -0.2) is 4.79 Å². The zero-order chi connectivity index (χ0) is 22.1. The zero-order valence-electron chi connectivity index (χ0n) is 18.7. The van der Waals surface area contributed by atoms with Gasteiger partial charge in [-0.15, -0.1) is 0 Å². The highest BCUT2D eigenvalue weighted by atomic mass is 16.2. The summed E-state index contributed by atoms with van der Waals surface area (Å²) in [6, 6.07) is 17.8. The molecule has 0 spiro atoms. The summed E-state index contributed by atoms with van der Waals surface area (Å²) in [5.41, 5.74) is 3.19. The second-order valence-electron chi connectivity index (χ2n) is 8.25. The van der Waals surface area contributed by atoms with Gasteiger partial charge >= 0.3 is 6.03 Å². The van der Waals surface area contributed by atoms with Gasteiger partial charge in [-0.1, -0.05) is 42.5 Å². The Labute approximate surface area is 185 Å². The van der Waals surface area contributed by atoms with Gasteiger partial charge in [0.15, 0.2) is 0 Å². The number of amides is 3. The molecule has 0 radical (unpaired) electrons. The quantitative estimate of drug-likeness (QED) is 0.611. The second-order valence-corrected chi connectivity index (χ2v) is 8.25. The number of para-hydroxylation sites is 1. The van der Waals surface area contributed by atoms with Gasteiger partial charge in [0.2, 0.25) is 5.91 Å². The molecule has 1 aliphatic heterocycles. The minimum absolute atomic E-state index is 0.0221. The molecule has 1 atom stereocenters. The van der Waals surface area contributed by atoms with E-state index < -0.39 is 0 Å². The number of rotatable bonds is 8. The van der Waals surface area contributed by atoms with E-state index in [4.69, 9.17) is 0 Å². The molecule has 3 rings (SSSR count). The van der Waals surface area contributed by atoms with Gasteiger partial charge in [0.25, 0.3) is 0 Å². The lowest BCUT2D eigenvalue weighted by atomic mass is 9.97. The fraction of sp³-hybridized carbons (Fsp3) is 0.440. The Kier molecular flexibility index (Phi) is 8.47. The number of quaternary nitrogens is 1. The number of carbonyl (C=O) groups is 2. The van der Waals surface area contributed by atoms with E-state index in [0.29, 0.717) is 19.6 Å². The average molecular weight is 424 g/mol.